The van der Waals surface area contributed by atoms with E-state index in [1.165, 1.54) is 6.92 Å². The van der Waals surface area contributed by atoms with Gasteiger partial charge in [0.2, 0.25) is 0 Å². The van der Waals surface area contributed by atoms with Gasteiger partial charge in [-0.25, -0.2) is 4.79 Å². The average molecular weight is 650 g/mol. The van der Waals surface area contributed by atoms with E-state index >= 15 is 0 Å². The first-order chi connectivity index (χ1) is 23.4. The lowest BCUT2D eigenvalue weighted by Crippen LogP contribution is -2.44. The highest BCUT2D eigenvalue weighted by Gasteiger charge is 2.43. The standard InChI is InChI=1S/C39H43N3O6/c1-26(44)34(21-27-9-4-2-5-10-27)41-39(46)40-32-14-8-13-31(22-32)38-47-35(24-42-20-19-33(45)23-42)36(29-11-6-3-7-12-29)37(48-38)30-17-15-28(25-43)16-18-30/h2-18,22,33-38,43,45H,19-21,23-25H2,1H3,(H2,40,41,46)/t33-,34-,35-,36-,37+,38?/m1/s1. The Kier molecular flexibility index (Phi) is 10.9. The predicted octanol–water partition coefficient (Wildman–Crippen LogP) is 5.51. The van der Waals surface area contributed by atoms with Gasteiger partial charge in [0.1, 0.15) is 0 Å². The lowest BCUT2D eigenvalue weighted by molar-refractivity contribution is -0.263. The third-order valence-corrected chi connectivity index (χ3v) is 9.15. The molecule has 0 radical (unpaired) electrons. The normalized spacial score (nSPS) is 23.4. The quantitative estimate of drug-likeness (QED) is 0.169. The fourth-order valence-corrected chi connectivity index (χ4v) is 6.63. The van der Waals surface area contributed by atoms with Crippen molar-refractivity contribution in [1.82, 2.24) is 10.2 Å². The summed E-state index contributed by atoms with van der Waals surface area (Å²) in [7, 11) is 0. The molecule has 9 nitrogen and oxygen atoms in total. The van der Waals surface area contributed by atoms with Crippen molar-refractivity contribution in [3.63, 3.8) is 0 Å². The maximum absolute atomic E-state index is 13.1. The van der Waals surface area contributed by atoms with Crippen LogP contribution in [0.5, 0.6) is 0 Å². The highest BCUT2D eigenvalue weighted by Crippen LogP contribution is 2.47. The molecule has 9 heteroatoms. The third kappa shape index (κ3) is 8.36. The second-order valence-electron chi connectivity index (χ2n) is 12.7. The molecule has 0 bridgehead atoms. The summed E-state index contributed by atoms with van der Waals surface area (Å²) in [6.07, 6.45) is -0.662. The number of nitrogens with zero attached hydrogens (tertiary/aromatic N) is 1. The molecule has 48 heavy (non-hydrogen) atoms. The van der Waals surface area contributed by atoms with Gasteiger partial charge in [0.25, 0.3) is 0 Å². The lowest BCUT2D eigenvalue weighted by Gasteiger charge is -2.44. The molecule has 0 aromatic heterocycles. The number of hydrogen-bond acceptors (Lipinski definition) is 7. The zero-order valence-corrected chi connectivity index (χ0v) is 27.1. The van der Waals surface area contributed by atoms with E-state index in [9.17, 15) is 19.8 Å². The van der Waals surface area contributed by atoms with Crippen LogP contribution in [0.25, 0.3) is 0 Å². The van der Waals surface area contributed by atoms with Crippen LogP contribution in [0, 0.1) is 0 Å². The number of benzene rings is 4. The minimum Gasteiger partial charge on any atom is -0.392 e. The molecular formula is C39H43N3O6. The number of carbonyl (C=O) groups is 2. The number of anilines is 1. The monoisotopic (exact) mass is 649 g/mol. The second-order valence-corrected chi connectivity index (χ2v) is 12.7. The summed E-state index contributed by atoms with van der Waals surface area (Å²) in [6.45, 7) is 3.40. The third-order valence-electron chi connectivity index (χ3n) is 9.15. The Hall–Kier alpha value is -4.38. The fourth-order valence-electron chi connectivity index (χ4n) is 6.63. The highest BCUT2D eigenvalue weighted by atomic mass is 16.7. The Morgan fingerprint density at radius 3 is 2.23 bits per heavy atom. The van der Waals surface area contributed by atoms with Crippen molar-refractivity contribution in [3.8, 4) is 0 Å². The predicted molar refractivity (Wildman–Crippen MR) is 183 cm³/mol. The Labute approximate surface area is 281 Å². The molecule has 1 unspecified atom stereocenters. The van der Waals surface area contributed by atoms with E-state index in [1.54, 1.807) is 6.07 Å². The number of aliphatic hydroxyl groups is 2. The molecule has 4 aromatic rings. The number of nitrogens with one attached hydrogen (secondary N) is 2. The summed E-state index contributed by atoms with van der Waals surface area (Å²) in [6, 6.07) is 33.8. The number of ketones is 1. The van der Waals surface area contributed by atoms with Gasteiger partial charge in [0.15, 0.2) is 12.1 Å². The van der Waals surface area contributed by atoms with Crippen LogP contribution in [0.3, 0.4) is 0 Å². The van der Waals surface area contributed by atoms with E-state index in [2.05, 4.69) is 27.7 Å². The fraction of sp³-hybridized carbons (Fsp3) is 0.333. The van der Waals surface area contributed by atoms with E-state index in [-0.39, 0.29) is 36.6 Å². The van der Waals surface area contributed by atoms with Crippen molar-refractivity contribution in [1.29, 1.82) is 0 Å². The Morgan fingerprint density at radius 2 is 1.56 bits per heavy atom. The molecule has 4 aromatic carbocycles. The number of Topliss-reactive ketones (excluding diaryl/α,β-unsaturated/α-hetero) is 1. The molecule has 250 valence electrons. The summed E-state index contributed by atoms with van der Waals surface area (Å²) in [5.74, 6) is -0.283. The number of amides is 2. The minimum absolute atomic E-state index is 0.0493. The van der Waals surface area contributed by atoms with Gasteiger partial charge in [0.05, 0.1) is 31.0 Å². The summed E-state index contributed by atoms with van der Waals surface area (Å²) in [5.41, 5.74) is 5.08. The van der Waals surface area contributed by atoms with Gasteiger partial charge < -0.3 is 30.3 Å². The van der Waals surface area contributed by atoms with Gasteiger partial charge >= 0.3 is 6.03 Å². The SMILES string of the molecule is CC(=O)[C@@H](Cc1ccccc1)NC(=O)Nc1cccc(C2O[C@H](CN3CC[C@@H](O)C3)[C@@H](c3ccccc3)[C@H](c3ccc(CO)cc3)O2)c1. The summed E-state index contributed by atoms with van der Waals surface area (Å²) in [4.78, 5) is 27.7. The van der Waals surface area contributed by atoms with Crippen LogP contribution in [0.15, 0.2) is 109 Å². The first-order valence-corrected chi connectivity index (χ1v) is 16.5. The maximum atomic E-state index is 13.1. The number of carbonyl (C=O) groups excluding carboxylic acids is 2. The van der Waals surface area contributed by atoms with Crippen LogP contribution < -0.4 is 10.6 Å². The van der Waals surface area contributed by atoms with Crippen LogP contribution in [0.2, 0.25) is 0 Å². The van der Waals surface area contributed by atoms with E-state index < -0.39 is 18.4 Å². The van der Waals surface area contributed by atoms with Crippen molar-refractivity contribution >= 4 is 17.5 Å². The first kappa shape index (κ1) is 33.5. The Morgan fingerprint density at radius 1 is 0.854 bits per heavy atom. The van der Waals surface area contributed by atoms with Crippen molar-refractivity contribution in [3.05, 3.63) is 137 Å². The second kappa shape index (κ2) is 15.7. The largest absolute Gasteiger partial charge is 0.392 e. The lowest BCUT2D eigenvalue weighted by atomic mass is 9.83. The van der Waals surface area contributed by atoms with Crippen LogP contribution in [0.1, 0.15) is 59.5 Å². The van der Waals surface area contributed by atoms with Gasteiger partial charge in [-0.15, -0.1) is 0 Å². The number of rotatable bonds is 11. The van der Waals surface area contributed by atoms with E-state index in [4.69, 9.17) is 9.47 Å². The Bertz CT molecular complexity index is 1650. The number of urea groups is 1. The van der Waals surface area contributed by atoms with E-state index in [0.717, 1.165) is 40.8 Å². The molecule has 2 fully saturated rings. The molecule has 6 rings (SSSR count). The summed E-state index contributed by atoms with van der Waals surface area (Å²) in [5, 5.41) is 25.7. The summed E-state index contributed by atoms with van der Waals surface area (Å²) < 4.78 is 13.6. The smallest absolute Gasteiger partial charge is 0.319 e. The highest BCUT2D eigenvalue weighted by molar-refractivity contribution is 5.93. The van der Waals surface area contributed by atoms with Crippen molar-refractivity contribution in [2.45, 2.75) is 62.9 Å². The maximum Gasteiger partial charge on any atom is 0.319 e. The topological polar surface area (TPSA) is 120 Å². The van der Waals surface area contributed by atoms with Gasteiger partial charge in [0, 0.05) is 36.8 Å². The molecule has 0 saturated carbocycles. The number of likely N-dealkylation sites (tertiary alicyclic amines) is 1. The molecule has 2 amide bonds. The molecule has 2 saturated heterocycles. The molecule has 0 aliphatic carbocycles. The van der Waals surface area contributed by atoms with E-state index in [1.807, 2.05) is 91.0 Å². The number of aliphatic hydroxyl groups excluding tert-OH is 2. The Balaban J connectivity index is 1.26. The van der Waals surface area contributed by atoms with E-state index in [0.29, 0.717) is 25.2 Å². The molecular weight excluding hydrogens is 606 g/mol. The van der Waals surface area contributed by atoms with Crippen molar-refractivity contribution < 1.29 is 29.3 Å². The molecule has 0 spiro atoms. The molecule has 2 heterocycles. The number of hydrogen-bond donors (Lipinski definition) is 4. The van der Waals surface area contributed by atoms with Gasteiger partial charge in [-0.3, -0.25) is 9.69 Å². The summed E-state index contributed by atoms with van der Waals surface area (Å²) >= 11 is 0. The average Bonchev–Trinajstić information content (AvgIpc) is 3.52. The van der Waals surface area contributed by atoms with Gasteiger partial charge in [-0.1, -0.05) is 97.1 Å². The zero-order chi connectivity index (χ0) is 33.5. The first-order valence-electron chi connectivity index (χ1n) is 16.5. The number of ether oxygens (including phenoxy) is 2. The van der Waals surface area contributed by atoms with Crippen LogP contribution in [0.4, 0.5) is 10.5 Å². The van der Waals surface area contributed by atoms with Crippen LogP contribution >= 0.6 is 0 Å². The minimum atomic E-state index is -0.752. The van der Waals surface area contributed by atoms with Crippen molar-refractivity contribution in [2.24, 2.45) is 0 Å². The van der Waals surface area contributed by atoms with Crippen LogP contribution in [-0.4, -0.2) is 64.8 Å². The molecule has 4 N–H and O–H groups in total. The zero-order valence-electron chi connectivity index (χ0n) is 27.1. The van der Waals surface area contributed by atoms with Crippen LogP contribution in [-0.2, 0) is 27.3 Å². The molecule has 6 atom stereocenters. The molecule has 2 aliphatic rings. The number of β-amino-alcohol motifs (C(OH)–C–C–N with tert-alkyl or cyclic N) is 1. The van der Waals surface area contributed by atoms with Gasteiger partial charge in [-0.2, -0.15) is 0 Å². The van der Waals surface area contributed by atoms with Gasteiger partial charge in [-0.05, 0) is 54.2 Å². The van der Waals surface area contributed by atoms with Crippen molar-refractivity contribution in [2.75, 3.05) is 25.0 Å². The molecule has 2 aliphatic heterocycles.